The van der Waals surface area contributed by atoms with Gasteiger partial charge in [0.25, 0.3) is 0 Å². The maximum absolute atomic E-state index is 6.14. The zero-order valence-corrected chi connectivity index (χ0v) is 10.9. The third-order valence-corrected chi connectivity index (χ3v) is 2.94. The van der Waals surface area contributed by atoms with E-state index in [1.807, 2.05) is 0 Å². The van der Waals surface area contributed by atoms with Gasteiger partial charge in [-0.2, -0.15) is 0 Å². The Kier molecular flexibility index (Phi) is 5.54. The first-order chi connectivity index (χ1) is 7.58. The molecule has 1 aromatic carbocycles. The normalized spacial score (nSPS) is 13.1. The summed E-state index contributed by atoms with van der Waals surface area (Å²) in [6.45, 7) is 6.67. The molecule has 1 rings (SSSR count). The van der Waals surface area contributed by atoms with E-state index in [2.05, 4.69) is 45.0 Å². The SMILES string of the molecule is Cc1cccc(CC(N)CCCC(C)C)c1. The lowest BCUT2D eigenvalue weighted by Crippen LogP contribution is -2.22. The molecule has 2 N–H and O–H groups in total. The minimum absolute atomic E-state index is 0.320. The van der Waals surface area contributed by atoms with E-state index in [0.29, 0.717) is 6.04 Å². The molecule has 0 bridgehead atoms. The molecule has 0 aliphatic carbocycles. The Labute approximate surface area is 100 Å². The first-order valence-corrected chi connectivity index (χ1v) is 6.39. The fraction of sp³-hybridized carbons (Fsp3) is 0.600. The van der Waals surface area contributed by atoms with E-state index in [1.165, 1.54) is 24.0 Å². The molecular weight excluding hydrogens is 194 g/mol. The molecule has 0 aliphatic rings. The Morgan fingerprint density at radius 2 is 1.94 bits per heavy atom. The Bertz CT molecular complexity index is 304. The number of aryl methyl sites for hydroxylation is 1. The van der Waals surface area contributed by atoms with E-state index in [1.54, 1.807) is 0 Å². The quantitative estimate of drug-likeness (QED) is 0.776. The molecular formula is C15H25N. The van der Waals surface area contributed by atoms with Crippen LogP contribution in [0.15, 0.2) is 24.3 Å². The highest BCUT2D eigenvalue weighted by atomic mass is 14.6. The van der Waals surface area contributed by atoms with Gasteiger partial charge in [0.15, 0.2) is 0 Å². The monoisotopic (exact) mass is 219 g/mol. The van der Waals surface area contributed by atoms with Crippen molar-refractivity contribution >= 4 is 0 Å². The molecule has 0 radical (unpaired) electrons. The number of hydrogen-bond donors (Lipinski definition) is 1. The Balaban J connectivity index is 2.31. The number of benzene rings is 1. The average Bonchev–Trinajstić information content (AvgIpc) is 2.16. The lowest BCUT2D eigenvalue weighted by atomic mass is 9.98. The molecule has 0 aliphatic heterocycles. The number of rotatable bonds is 6. The second-order valence-electron chi connectivity index (χ2n) is 5.28. The largest absolute Gasteiger partial charge is 0.327 e. The fourth-order valence-electron chi connectivity index (χ4n) is 2.03. The predicted octanol–water partition coefficient (Wildman–Crippen LogP) is 3.69. The molecule has 1 heteroatoms. The van der Waals surface area contributed by atoms with Gasteiger partial charge in [-0.25, -0.2) is 0 Å². The van der Waals surface area contributed by atoms with Crippen molar-refractivity contribution in [1.82, 2.24) is 0 Å². The second-order valence-corrected chi connectivity index (χ2v) is 5.28. The van der Waals surface area contributed by atoms with Gasteiger partial charge in [-0.05, 0) is 31.2 Å². The molecule has 1 unspecified atom stereocenters. The van der Waals surface area contributed by atoms with Crippen LogP contribution in [-0.2, 0) is 6.42 Å². The van der Waals surface area contributed by atoms with E-state index < -0.39 is 0 Å². The molecule has 1 nitrogen and oxygen atoms in total. The van der Waals surface area contributed by atoms with Crippen LogP contribution in [0.3, 0.4) is 0 Å². The van der Waals surface area contributed by atoms with Crippen molar-refractivity contribution in [1.29, 1.82) is 0 Å². The van der Waals surface area contributed by atoms with Crippen LogP contribution in [0.25, 0.3) is 0 Å². The third kappa shape index (κ3) is 5.32. The maximum Gasteiger partial charge on any atom is 0.00793 e. The van der Waals surface area contributed by atoms with Gasteiger partial charge in [-0.1, -0.05) is 56.5 Å². The minimum atomic E-state index is 0.320. The highest BCUT2D eigenvalue weighted by molar-refractivity contribution is 5.22. The first-order valence-electron chi connectivity index (χ1n) is 6.39. The van der Waals surface area contributed by atoms with Gasteiger partial charge in [0, 0.05) is 6.04 Å². The van der Waals surface area contributed by atoms with Crippen molar-refractivity contribution in [2.24, 2.45) is 11.7 Å². The van der Waals surface area contributed by atoms with Gasteiger partial charge in [-0.3, -0.25) is 0 Å². The van der Waals surface area contributed by atoms with E-state index in [9.17, 15) is 0 Å². The van der Waals surface area contributed by atoms with Gasteiger partial charge >= 0.3 is 0 Å². The van der Waals surface area contributed by atoms with E-state index in [4.69, 9.17) is 5.73 Å². The van der Waals surface area contributed by atoms with Crippen LogP contribution < -0.4 is 5.73 Å². The predicted molar refractivity (Wildman–Crippen MR) is 71.5 cm³/mol. The van der Waals surface area contributed by atoms with E-state index >= 15 is 0 Å². The average molecular weight is 219 g/mol. The topological polar surface area (TPSA) is 26.0 Å². The molecule has 0 aromatic heterocycles. The Morgan fingerprint density at radius 3 is 2.56 bits per heavy atom. The van der Waals surface area contributed by atoms with Gasteiger partial charge in [0.2, 0.25) is 0 Å². The van der Waals surface area contributed by atoms with Crippen LogP contribution in [0.1, 0.15) is 44.2 Å². The van der Waals surface area contributed by atoms with Crippen LogP contribution in [0.4, 0.5) is 0 Å². The van der Waals surface area contributed by atoms with Crippen LogP contribution in [0.5, 0.6) is 0 Å². The molecule has 16 heavy (non-hydrogen) atoms. The molecule has 1 aromatic rings. The molecule has 0 fully saturated rings. The highest BCUT2D eigenvalue weighted by Gasteiger charge is 2.04. The van der Waals surface area contributed by atoms with Crippen LogP contribution in [-0.4, -0.2) is 6.04 Å². The molecule has 0 amide bonds. The molecule has 90 valence electrons. The zero-order valence-electron chi connectivity index (χ0n) is 10.9. The maximum atomic E-state index is 6.14. The van der Waals surface area contributed by atoms with Crippen LogP contribution >= 0.6 is 0 Å². The molecule has 1 atom stereocenters. The van der Waals surface area contributed by atoms with Gasteiger partial charge in [0.05, 0.1) is 0 Å². The van der Waals surface area contributed by atoms with Crippen LogP contribution in [0, 0.1) is 12.8 Å². The Hall–Kier alpha value is -0.820. The fourth-order valence-corrected chi connectivity index (χ4v) is 2.03. The van der Waals surface area contributed by atoms with Crippen molar-refractivity contribution in [3.8, 4) is 0 Å². The Morgan fingerprint density at radius 1 is 1.19 bits per heavy atom. The number of nitrogens with two attached hydrogens (primary N) is 1. The summed E-state index contributed by atoms with van der Waals surface area (Å²) in [5.41, 5.74) is 8.84. The van der Waals surface area contributed by atoms with Gasteiger partial charge in [-0.15, -0.1) is 0 Å². The smallest absolute Gasteiger partial charge is 0.00793 e. The minimum Gasteiger partial charge on any atom is -0.327 e. The van der Waals surface area contributed by atoms with Crippen molar-refractivity contribution < 1.29 is 0 Å². The summed E-state index contributed by atoms with van der Waals surface area (Å²) in [5, 5.41) is 0. The third-order valence-electron chi connectivity index (χ3n) is 2.94. The summed E-state index contributed by atoms with van der Waals surface area (Å²) in [4.78, 5) is 0. The van der Waals surface area contributed by atoms with Crippen molar-refractivity contribution in [3.63, 3.8) is 0 Å². The molecule has 0 saturated carbocycles. The van der Waals surface area contributed by atoms with Crippen LogP contribution in [0.2, 0.25) is 0 Å². The molecule has 0 spiro atoms. The summed E-state index contributed by atoms with van der Waals surface area (Å²) < 4.78 is 0. The van der Waals surface area contributed by atoms with E-state index in [-0.39, 0.29) is 0 Å². The highest BCUT2D eigenvalue weighted by Crippen LogP contribution is 2.11. The molecule has 0 saturated heterocycles. The van der Waals surface area contributed by atoms with E-state index in [0.717, 1.165) is 18.8 Å². The summed E-state index contributed by atoms with van der Waals surface area (Å²) in [7, 11) is 0. The second kappa shape index (κ2) is 6.70. The number of hydrogen-bond acceptors (Lipinski definition) is 1. The van der Waals surface area contributed by atoms with Crippen molar-refractivity contribution in [2.45, 2.75) is 52.5 Å². The van der Waals surface area contributed by atoms with Gasteiger partial charge in [0.1, 0.15) is 0 Å². The first kappa shape index (κ1) is 13.2. The summed E-state index contributed by atoms with van der Waals surface area (Å²) in [6.07, 6.45) is 4.71. The lowest BCUT2D eigenvalue weighted by molar-refractivity contribution is 0.496. The zero-order chi connectivity index (χ0) is 12.0. The summed E-state index contributed by atoms with van der Waals surface area (Å²) in [6, 6.07) is 8.98. The summed E-state index contributed by atoms with van der Waals surface area (Å²) >= 11 is 0. The van der Waals surface area contributed by atoms with Crippen molar-refractivity contribution in [2.75, 3.05) is 0 Å². The summed E-state index contributed by atoms with van der Waals surface area (Å²) in [5.74, 6) is 0.797. The van der Waals surface area contributed by atoms with Crippen molar-refractivity contribution in [3.05, 3.63) is 35.4 Å². The lowest BCUT2D eigenvalue weighted by Gasteiger charge is -2.12. The van der Waals surface area contributed by atoms with Gasteiger partial charge < -0.3 is 5.73 Å². The standard InChI is InChI=1S/C15H25N/c1-12(2)6-4-9-15(16)11-14-8-5-7-13(3)10-14/h5,7-8,10,12,15H,4,6,9,11,16H2,1-3H3. The molecule has 0 heterocycles.